The predicted molar refractivity (Wildman–Crippen MR) is 73.9 cm³/mol. The molecular formula is C11H13BrN4OS. The Hall–Kier alpha value is -0.920. The summed E-state index contributed by atoms with van der Waals surface area (Å²) in [6.45, 7) is 3.52. The summed E-state index contributed by atoms with van der Waals surface area (Å²) >= 11 is 4.81. The number of aliphatic hydroxyl groups is 1. The van der Waals surface area contributed by atoms with Crippen LogP contribution in [0.5, 0.6) is 0 Å². The van der Waals surface area contributed by atoms with Gasteiger partial charge in [-0.2, -0.15) is 4.68 Å². The van der Waals surface area contributed by atoms with Crippen molar-refractivity contribution in [2.45, 2.75) is 24.6 Å². The van der Waals surface area contributed by atoms with Crippen molar-refractivity contribution >= 4 is 27.7 Å². The van der Waals surface area contributed by atoms with Crippen molar-refractivity contribution in [1.29, 1.82) is 0 Å². The normalized spacial score (nSPS) is 11.8. The van der Waals surface area contributed by atoms with Gasteiger partial charge >= 0.3 is 0 Å². The van der Waals surface area contributed by atoms with Crippen LogP contribution in [0.3, 0.4) is 0 Å². The predicted octanol–water partition coefficient (Wildman–Crippen LogP) is 2.29. The summed E-state index contributed by atoms with van der Waals surface area (Å²) in [5.41, 5.74) is 0.141. The van der Waals surface area contributed by atoms with Gasteiger partial charge < -0.3 is 5.11 Å². The Morgan fingerprint density at radius 2 is 2.00 bits per heavy atom. The van der Waals surface area contributed by atoms with Crippen molar-refractivity contribution < 1.29 is 5.11 Å². The van der Waals surface area contributed by atoms with Crippen molar-refractivity contribution in [3.8, 4) is 5.69 Å². The monoisotopic (exact) mass is 328 g/mol. The van der Waals surface area contributed by atoms with E-state index in [0.29, 0.717) is 10.9 Å². The highest BCUT2D eigenvalue weighted by molar-refractivity contribution is 9.10. The fourth-order valence-corrected chi connectivity index (χ4v) is 2.36. The summed E-state index contributed by atoms with van der Waals surface area (Å²) in [4.78, 5) is 0. The highest BCUT2D eigenvalue weighted by Crippen LogP contribution is 2.22. The Bertz CT molecular complexity index is 521. The number of rotatable bonds is 4. The third-order valence-electron chi connectivity index (χ3n) is 2.07. The molecule has 0 bridgehead atoms. The molecule has 0 aliphatic carbocycles. The molecule has 5 nitrogen and oxygen atoms in total. The molecule has 0 aliphatic rings. The van der Waals surface area contributed by atoms with Crippen LogP contribution >= 0.6 is 27.7 Å². The maximum atomic E-state index is 9.71. The van der Waals surface area contributed by atoms with Gasteiger partial charge in [-0.05, 0) is 48.5 Å². The van der Waals surface area contributed by atoms with E-state index in [-0.39, 0.29) is 0 Å². The van der Waals surface area contributed by atoms with E-state index in [9.17, 15) is 5.11 Å². The first-order valence-electron chi connectivity index (χ1n) is 5.35. The fourth-order valence-electron chi connectivity index (χ4n) is 1.25. The lowest BCUT2D eigenvalue weighted by Crippen LogP contribution is -2.22. The molecule has 1 aromatic heterocycles. The van der Waals surface area contributed by atoms with Crippen LogP contribution in [0.15, 0.2) is 33.9 Å². The van der Waals surface area contributed by atoms with Gasteiger partial charge in [0.15, 0.2) is 0 Å². The minimum Gasteiger partial charge on any atom is -0.390 e. The summed E-state index contributed by atoms with van der Waals surface area (Å²) in [7, 11) is 0. The molecule has 2 aromatic rings. The van der Waals surface area contributed by atoms with Crippen LogP contribution in [-0.4, -0.2) is 36.7 Å². The Labute approximate surface area is 118 Å². The maximum absolute atomic E-state index is 9.71. The zero-order valence-electron chi connectivity index (χ0n) is 10.0. The van der Waals surface area contributed by atoms with E-state index in [0.717, 1.165) is 10.2 Å². The van der Waals surface area contributed by atoms with E-state index < -0.39 is 5.60 Å². The molecule has 1 heterocycles. The number of hydrogen-bond donors (Lipinski definition) is 1. The van der Waals surface area contributed by atoms with Crippen molar-refractivity contribution in [2.75, 3.05) is 5.75 Å². The second-order valence-corrected chi connectivity index (χ2v) is 6.31. The van der Waals surface area contributed by atoms with Crippen LogP contribution in [0.2, 0.25) is 0 Å². The summed E-state index contributed by atoms with van der Waals surface area (Å²) in [6, 6.07) is 7.71. The van der Waals surface area contributed by atoms with Crippen LogP contribution in [0.25, 0.3) is 5.69 Å². The van der Waals surface area contributed by atoms with Crippen molar-refractivity contribution in [1.82, 2.24) is 20.2 Å². The van der Waals surface area contributed by atoms with Crippen LogP contribution in [0.1, 0.15) is 13.8 Å². The third-order valence-corrected chi connectivity index (χ3v) is 3.96. The fraction of sp³-hybridized carbons (Fsp3) is 0.364. The van der Waals surface area contributed by atoms with Gasteiger partial charge in [-0.15, -0.1) is 5.10 Å². The van der Waals surface area contributed by atoms with Crippen molar-refractivity contribution in [3.05, 3.63) is 28.7 Å². The molecule has 1 aromatic carbocycles. The van der Waals surface area contributed by atoms with Gasteiger partial charge in [0.25, 0.3) is 0 Å². The number of halogens is 1. The lowest BCUT2D eigenvalue weighted by Gasteiger charge is -2.15. The molecule has 18 heavy (non-hydrogen) atoms. The summed E-state index contributed by atoms with van der Waals surface area (Å²) in [5.74, 6) is 0.532. The molecule has 0 spiro atoms. The Balaban J connectivity index is 2.20. The summed E-state index contributed by atoms with van der Waals surface area (Å²) < 4.78 is 2.66. The van der Waals surface area contributed by atoms with E-state index >= 15 is 0 Å². The molecule has 0 saturated carbocycles. The molecule has 0 unspecified atom stereocenters. The van der Waals surface area contributed by atoms with Gasteiger partial charge in [0.05, 0.1) is 11.3 Å². The zero-order valence-corrected chi connectivity index (χ0v) is 12.4. The third kappa shape index (κ3) is 3.54. The average molecular weight is 329 g/mol. The van der Waals surface area contributed by atoms with Crippen LogP contribution in [0.4, 0.5) is 0 Å². The second kappa shape index (κ2) is 5.38. The number of aromatic nitrogens is 4. The first-order valence-corrected chi connectivity index (χ1v) is 7.13. The second-order valence-electron chi connectivity index (χ2n) is 4.45. The quantitative estimate of drug-likeness (QED) is 0.872. The number of benzene rings is 1. The number of hydrogen-bond acceptors (Lipinski definition) is 5. The molecule has 0 atom stereocenters. The Morgan fingerprint density at radius 1 is 1.33 bits per heavy atom. The molecule has 2 rings (SSSR count). The zero-order chi connectivity index (χ0) is 13.2. The van der Waals surface area contributed by atoms with Gasteiger partial charge in [0, 0.05) is 10.2 Å². The highest BCUT2D eigenvalue weighted by atomic mass is 79.9. The van der Waals surface area contributed by atoms with Crippen LogP contribution in [-0.2, 0) is 0 Å². The largest absolute Gasteiger partial charge is 0.390 e. The number of thioether (sulfide) groups is 1. The average Bonchev–Trinajstić information content (AvgIpc) is 2.75. The van der Waals surface area contributed by atoms with E-state index in [1.165, 1.54) is 11.8 Å². The molecular weight excluding hydrogens is 316 g/mol. The first-order chi connectivity index (χ1) is 8.46. The number of tetrazole rings is 1. The van der Waals surface area contributed by atoms with Gasteiger partial charge in [-0.3, -0.25) is 0 Å². The summed E-state index contributed by atoms with van der Waals surface area (Å²) in [5, 5.41) is 22.0. The molecule has 0 amide bonds. The minimum absolute atomic E-state index is 0.532. The minimum atomic E-state index is -0.749. The molecule has 1 N–H and O–H groups in total. The Kier molecular flexibility index (Phi) is 4.04. The van der Waals surface area contributed by atoms with Gasteiger partial charge in [0.1, 0.15) is 0 Å². The maximum Gasteiger partial charge on any atom is 0.214 e. The number of nitrogens with zero attached hydrogens (tertiary/aromatic N) is 4. The van der Waals surface area contributed by atoms with Crippen LogP contribution in [0, 0.1) is 0 Å². The van der Waals surface area contributed by atoms with E-state index in [1.54, 1.807) is 18.5 Å². The SMILES string of the molecule is CC(C)(O)CSc1nnnn1-c1ccc(Br)cc1. The van der Waals surface area contributed by atoms with Crippen molar-refractivity contribution in [3.63, 3.8) is 0 Å². The van der Waals surface area contributed by atoms with Crippen LogP contribution < -0.4 is 0 Å². The standard InChI is InChI=1S/C11H13BrN4OS/c1-11(2,17)7-18-10-13-14-15-16(10)9-5-3-8(12)4-6-9/h3-6,17H,7H2,1-2H3. The molecule has 7 heteroatoms. The molecule has 0 fully saturated rings. The smallest absolute Gasteiger partial charge is 0.214 e. The van der Waals surface area contributed by atoms with Gasteiger partial charge in [-0.25, -0.2) is 0 Å². The van der Waals surface area contributed by atoms with E-state index in [4.69, 9.17) is 0 Å². The molecule has 0 aliphatic heterocycles. The van der Waals surface area contributed by atoms with E-state index in [2.05, 4.69) is 31.5 Å². The van der Waals surface area contributed by atoms with Gasteiger partial charge in [-0.1, -0.05) is 27.7 Å². The topological polar surface area (TPSA) is 63.8 Å². The molecule has 96 valence electrons. The lowest BCUT2D eigenvalue weighted by atomic mass is 10.2. The van der Waals surface area contributed by atoms with E-state index in [1.807, 2.05) is 24.3 Å². The first kappa shape index (κ1) is 13.5. The molecule has 0 radical (unpaired) electrons. The highest BCUT2D eigenvalue weighted by Gasteiger charge is 2.16. The summed E-state index contributed by atoms with van der Waals surface area (Å²) in [6.07, 6.45) is 0. The van der Waals surface area contributed by atoms with Crippen molar-refractivity contribution in [2.24, 2.45) is 0 Å². The molecule has 0 saturated heterocycles. The lowest BCUT2D eigenvalue weighted by molar-refractivity contribution is 0.107. The van der Waals surface area contributed by atoms with Gasteiger partial charge in [0.2, 0.25) is 5.16 Å². The Morgan fingerprint density at radius 3 is 2.61 bits per heavy atom.